The molecule has 0 aliphatic rings. The second-order valence-electron chi connectivity index (χ2n) is 3.79. The van der Waals surface area contributed by atoms with Crippen LogP contribution in [0, 0.1) is 11.3 Å². The topological polar surface area (TPSA) is 82.0 Å². The van der Waals surface area contributed by atoms with Crippen molar-refractivity contribution in [2.24, 2.45) is 0 Å². The molecule has 18 heavy (non-hydrogen) atoms. The highest BCUT2D eigenvalue weighted by Gasteiger charge is 2.19. The lowest BCUT2D eigenvalue weighted by molar-refractivity contribution is 0.554. The van der Waals surface area contributed by atoms with Crippen LogP contribution in [-0.4, -0.2) is 28.1 Å². The molecule has 1 atom stereocenters. The molecule has 1 unspecified atom stereocenters. The number of nitrogens with one attached hydrogen (secondary N) is 2. The van der Waals surface area contributed by atoms with Crippen LogP contribution in [0.5, 0.6) is 0 Å². The fourth-order valence-electron chi connectivity index (χ4n) is 1.23. The maximum atomic E-state index is 12.0. The predicted octanol–water partition coefficient (Wildman–Crippen LogP) is 1.10. The molecule has 0 spiro atoms. The molecule has 0 aromatic heterocycles. The van der Waals surface area contributed by atoms with Crippen molar-refractivity contribution in [3.05, 3.63) is 28.8 Å². The van der Waals surface area contributed by atoms with Crippen LogP contribution >= 0.6 is 11.6 Å². The van der Waals surface area contributed by atoms with E-state index >= 15 is 0 Å². The first kappa shape index (κ1) is 14.9. The van der Waals surface area contributed by atoms with Crippen molar-refractivity contribution in [1.29, 1.82) is 5.26 Å². The van der Waals surface area contributed by atoms with Gasteiger partial charge in [0.05, 0.1) is 5.56 Å². The number of nitrogens with zero attached hydrogens (tertiary/aromatic N) is 1. The van der Waals surface area contributed by atoms with E-state index < -0.39 is 10.0 Å². The molecule has 0 radical (unpaired) electrons. The van der Waals surface area contributed by atoms with Gasteiger partial charge in [-0.05, 0) is 32.2 Å². The average molecular weight is 288 g/mol. The summed E-state index contributed by atoms with van der Waals surface area (Å²) in [6.07, 6.45) is 0. The van der Waals surface area contributed by atoms with Crippen LogP contribution < -0.4 is 10.0 Å². The maximum Gasteiger partial charge on any atom is 0.241 e. The Balaban J connectivity index is 3.05. The molecule has 0 aliphatic carbocycles. The highest BCUT2D eigenvalue weighted by molar-refractivity contribution is 7.89. The van der Waals surface area contributed by atoms with Gasteiger partial charge in [-0.1, -0.05) is 11.6 Å². The van der Waals surface area contributed by atoms with Gasteiger partial charge in [-0.25, -0.2) is 13.1 Å². The van der Waals surface area contributed by atoms with Gasteiger partial charge in [-0.15, -0.1) is 0 Å². The van der Waals surface area contributed by atoms with Gasteiger partial charge in [0.25, 0.3) is 0 Å². The summed E-state index contributed by atoms with van der Waals surface area (Å²) < 4.78 is 26.5. The van der Waals surface area contributed by atoms with Gasteiger partial charge in [0.2, 0.25) is 10.0 Å². The maximum absolute atomic E-state index is 12.0. The molecular formula is C11H14ClN3O2S. The van der Waals surface area contributed by atoms with Crippen molar-refractivity contribution in [2.45, 2.75) is 17.9 Å². The normalized spacial score (nSPS) is 13.0. The highest BCUT2D eigenvalue weighted by Crippen LogP contribution is 2.20. The van der Waals surface area contributed by atoms with Crippen LogP contribution in [-0.2, 0) is 10.0 Å². The standard InChI is InChI=1S/C11H14ClN3O2S/c1-8(14-2)7-15-18(16,17)11-5-10(12)4-3-9(11)6-13/h3-5,8,14-15H,7H2,1-2H3. The first-order chi connectivity index (χ1) is 8.40. The number of sulfonamides is 1. The van der Waals surface area contributed by atoms with E-state index in [-0.39, 0.29) is 28.1 Å². The summed E-state index contributed by atoms with van der Waals surface area (Å²) in [4.78, 5) is -0.0965. The quantitative estimate of drug-likeness (QED) is 0.849. The highest BCUT2D eigenvalue weighted by atomic mass is 35.5. The van der Waals surface area contributed by atoms with Crippen LogP contribution in [0.2, 0.25) is 5.02 Å². The van der Waals surface area contributed by atoms with Gasteiger partial charge >= 0.3 is 0 Å². The molecule has 0 heterocycles. The first-order valence-corrected chi connectivity index (χ1v) is 7.13. The molecule has 0 saturated carbocycles. The zero-order valence-electron chi connectivity index (χ0n) is 10.1. The van der Waals surface area contributed by atoms with E-state index in [1.54, 1.807) is 7.05 Å². The lowest BCUT2D eigenvalue weighted by Crippen LogP contribution is -2.37. The smallest absolute Gasteiger partial charge is 0.241 e. The molecule has 98 valence electrons. The Morgan fingerprint density at radius 3 is 2.72 bits per heavy atom. The second kappa shape index (κ2) is 6.16. The van der Waals surface area contributed by atoms with E-state index in [1.807, 2.05) is 13.0 Å². The molecule has 0 bridgehead atoms. The monoisotopic (exact) mass is 287 g/mol. The number of hydrogen-bond acceptors (Lipinski definition) is 4. The van der Waals surface area contributed by atoms with E-state index in [0.29, 0.717) is 0 Å². The Bertz CT molecular complexity index is 566. The third-order valence-corrected chi connectivity index (χ3v) is 4.12. The van der Waals surface area contributed by atoms with E-state index in [0.717, 1.165) is 0 Å². The molecule has 1 aromatic carbocycles. The third-order valence-electron chi connectivity index (χ3n) is 2.43. The fourth-order valence-corrected chi connectivity index (χ4v) is 2.77. The summed E-state index contributed by atoms with van der Waals surface area (Å²) >= 11 is 5.76. The number of rotatable bonds is 5. The van der Waals surface area contributed by atoms with Crippen molar-refractivity contribution in [2.75, 3.05) is 13.6 Å². The Morgan fingerprint density at radius 2 is 2.17 bits per heavy atom. The summed E-state index contributed by atoms with van der Waals surface area (Å²) in [6.45, 7) is 2.07. The number of benzene rings is 1. The van der Waals surface area contributed by atoms with Crippen molar-refractivity contribution < 1.29 is 8.42 Å². The van der Waals surface area contributed by atoms with Gasteiger partial charge in [0.1, 0.15) is 11.0 Å². The van der Waals surface area contributed by atoms with Crippen LogP contribution in [0.25, 0.3) is 0 Å². The van der Waals surface area contributed by atoms with Gasteiger partial charge in [-0.2, -0.15) is 5.26 Å². The molecule has 5 nitrogen and oxygen atoms in total. The Hall–Kier alpha value is -1.13. The molecule has 2 N–H and O–H groups in total. The third kappa shape index (κ3) is 3.68. The van der Waals surface area contributed by atoms with E-state index in [4.69, 9.17) is 16.9 Å². The van der Waals surface area contributed by atoms with Crippen molar-refractivity contribution in [3.8, 4) is 6.07 Å². The number of halogens is 1. The molecule has 1 aromatic rings. The minimum absolute atomic E-state index is 0.00973. The van der Waals surface area contributed by atoms with Crippen LogP contribution in [0.15, 0.2) is 23.1 Å². The summed E-state index contributed by atoms with van der Waals surface area (Å²) in [5.74, 6) is 0. The second-order valence-corrected chi connectivity index (χ2v) is 5.97. The van der Waals surface area contributed by atoms with E-state index in [9.17, 15) is 8.42 Å². The van der Waals surface area contributed by atoms with Crippen molar-refractivity contribution in [3.63, 3.8) is 0 Å². The predicted molar refractivity (Wildman–Crippen MR) is 69.9 cm³/mol. The van der Waals surface area contributed by atoms with Gasteiger partial charge in [0, 0.05) is 17.6 Å². The number of likely N-dealkylation sites (N-methyl/N-ethyl adjacent to an activating group) is 1. The average Bonchev–Trinajstić information content (AvgIpc) is 2.36. The number of nitriles is 1. The summed E-state index contributed by atoms with van der Waals surface area (Å²) in [6, 6.07) is 5.97. The van der Waals surface area contributed by atoms with Crippen molar-refractivity contribution >= 4 is 21.6 Å². The summed E-state index contributed by atoms with van der Waals surface area (Å²) in [7, 11) is -1.99. The van der Waals surface area contributed by atoms with Gasteiger partial charge < -0.3 is 5.32 Å². The largest absolute Gasteiger partial charge is 0.316 e. The fraction of sp³-hybridized carbons (Fsp3) is 0.364. The zero-order chi connectivity index (χ0) is 13.8. The molecule has 7 heteroatoms. The van der Waals surface area contributed by atoms with Crippen molar-refractivity contribution in [1.82, 2.24) is 10.0 Å². The first-order valence-electron chi connectivity index (χ1n) is 5.27. The minimum Gasteiger partial charge on any atom is -0.316 e. The summed E-state index contributed by atoms with van der Waals surface area (Å²) in [5, 5.41) is 12.1. The van der Waals surface area contributed by atoms with Crippen LogP contribution in [0.4, 0.5) is 0 Å². The molecule has 0 amide bonds. The Labute approximate surface area is 112 Å². The molecule has 0 fully saturated rings. The van der Waals surface area contributed by atoms with Crippen LogP contribution in [0.3, 0.4) is 0 Å². The molecule has 0 aliphatic heterocycles. The molecular weight excluding hydrogens is 274 g/mol. The zero-order valence-corrected chi connectivity index (χ0v) is 11.6. The van der Waals surface area contributed by atoms with E-state index in [1.165, 1.54) is 18.2 Å². The summed E-state index contributed by atoms with van der Waals surface area (Å²) in [5.41, 5.74) is 0.0732. The molecule has 0 saturated heterocycles. The van der Waals surface area contributed by atoms with Gasteiger partial charge in [0.15, 0.2) is 0 Å². The van der Waals surface area contributed by atoms with Gasteiger partial charge in [-0.3, -0.25) is 0 Å². The lowest BCUT2D eigenvalue weighted by atomic mass is 10.2. The Kier molecular flexibility index (Phi) is 5.11. The number of hydrogen-bond donors (Lipinski definition) is 2. The lowest BCUT2D eigenvalue weighted by Gasteiger charge is -2.12. The SMILES string of the molecule is CNC(C)CNS(=O)(=O)c1cc(Cl)ccc1C#N. The Morgan fingerprint density at radius 1 is 1.50 bits per heavy atom. The van der Waals surface area contributed by atoms with Crippen LogP contribution in [0.1, 0.15) is 12.5 Å². The van der Waals surface area contributed by atoms with E-state index in [2.05, 4.69) is 10.0 Å². The molecule has 1 rings (SSSR count). The minimum atomic E-state index is -3.73.